The normalized spacial score (nSPS) is 11.3. The van der Waals surface area contributed by atoms with E-state index in [1.165, 1.54) is 0 Å². The molecule has 0 aromatic rings. The van der Waals surface area contributed by atoms with Crippen LogP contribution in [0.5, 0.6) is 0 Å². The molecule has 0 bridgehead atoms. The average Bonchev–Trinajstić information content (AvgIpc) is 2.35. The van der Waals surface area contributed by atoms with E-state index in [1.54, 1.807) is 19.0 Å². The topological polar surface area (TPSA) is 47.9 Å². The lowest BCUT2D eigenvalue weighted by molar-refractivity contribution is -0.127. The van der Waals surface area contributed by atoms with Crippen molar-refractivity contribution in [1.29, 1.82) is 0 Å². The van der Waals surface area contributed by atoms with Gasteiger partial charge in [0.1, 0.15) is 6.54 Å². The van der Waals surface area contributed by atoms with Crippen molar-refractivity contribution >= 4 is 11.9 Å². The SMILES string of the molecule is CCCCN(C)C(=NCC(=O)N(C)C)NCCC. The first-order valence-corrected chi connectivity index (χ1v) is 6.72. The first kappa shape index (κ1) is 16.7. The summed E-state index contributed by atoms with van der Waals surface area (Å²) < 4.78 is 0. The molecule has 0 aliphatic carbocycles. The fourth-order valence-electron chi connectivity index (χ4n) is 1.33. The number of guanidine groups is 1. The molecule has 106 valence electrons. The Morgan fingerprint density at radius 2 is 1.83 bits per heavy atom. The minimum absolute atomic E-state index is 0.0229. The number of hydrogen-bond donors (Lipinski definition) is 1. The van der Waals surface area contributed by atoms with Crippen molar-refractivity contribution in [3.05, 3.63) is 0 Å². The second-order valence-electron chi connectivity index (χ2n) is 4.63. The van der Waals surface area contributed by atoms with Gasteiger partial charge < -0.3 is 15.1 Å². The molecule has 18 heavy (non-hydrogen) atoms. The van der Waals surface area contributed by atoms with Gasteiger partial charge in [0.2, 0.25) is 5.91 Å². The third-order valence-corrected chi connectivity index (χ3v) is 2.60. The fraction of sp³-hybridized carbons (Fsp3) is 0.846. The van der Waals surface area contributed by atoms with Crippen molar-refractivity contribution in [2.24, 2.45) is 4.99 Å². The molecule has 1 amide bonds. The van der Waals surface area contributed by atoms with Crippen LogP contribution in [0.3, 0.4) is 0 Å². The van der Waals surface area contributed by atoms with Gasteiger partial charge in [0.25, 0.3) is 0 Å². The van der Waals surface area contributed by atoms with Crippen molar-refractivity contribution in [1.82, 2.24) is 15.1 Å². The molecule has 0 aliphatic heterocycles. The van der Waals surface area contributed by atoms with Gasteiger partial charge in [0, 0.05) is 34.2 Å². The zero-order chi connectivity index (χ0) is 14.0. The van der Waals surface area contributed by atoms with Crippen LogP contribution in [0, 0.1) is 0 Å². The fourth-order valence-corrected chi connectivity index (χ4v) is 1.33. The Hall–Kier alpha value is -1.26. The highest BCUT2D eigenvalue weighted by Crippen LogP contribution is 1.94. The van der Waals surface area contributed by atoms with Crippen molar-refractivity contribution in [3.63, 3.8) is 0 Å². The molecule has 0 rings (SSSR count). The summed E-state index contributed by atoms with van der Waals surface area (Å²) >= 11 is 0. The van der Waals surface area contributed by atoms with Gasteiger partial charge in [-0.15, -0.1) is 0 Å². The smallest absolute Gasteiger partial charge is 0.243 e. The van der Waals surface area contributed by atoms with Gasteiger partial charge in [-0.1, -0.05) is 20.3 Å². The van der Waals surface area contributed by atoms with Gasteiger partial charge in [-0.25, -0.2) is 4.99 Å². The molecular weight excluding hydrogens is 228 g/mol. The summed E-state index contributed by atoms with van der Waals surface area (Å²) in [6.45, 7) is 6.32. The number of hydrogen-bond acceptors (Lipinski definition) is 2. The molecular formula is C13H28N4O. The van der Waals surface area contributed by atoms with E-state index in [0.717, 1.165) is 38.3 Å². The Morgan fingerprint density at radius 3 is 2.33 bits per heavy atom. The van der Waals surface area contributed by atoms with Crippen LogP contribution < -0.4 is 5.32 Å². The molecule has 0 saturated carbocycles. The lowest BCUT2D eigenvalue weighted by Crippen LogP contribution is -2.40. The Labute approximate surface area is 111 Å². The Balaban J connectivity index is 4.44. The standard InChI is InChI=1S/C13H28N4O/c1-6-8-10-17(5)13(14-9-7-2)15-11-12(18)16(3)4/h6-11H2,1-5H3,(H,14,15). The van der Waals surface area contributed by atoms with E-state index in [0.29, 0.717) is 0 Å². The maximum Gasteiger partial charge on any atom is 0.243 e. The second-order valence-corrected chi connectivity index (χ2v) is 4.63. The summed E-state index contributed by atoms with van der Waals surface area (Å²) in [5, 5.41) is 3.28. The molecule has 0 fully saturated rings. The van der Waals surface area contributed by atoms with E-state index in [-0.39, 0.29) is 12.5 Å². The summed E-state index contributed by atoms with van der Waals surface area (Å²) in [4.78, 5) is 19.6. The number of nitrogens with one attached hydrogen (secondary N) is 1. The van der Waals surface area contributed by atoms with Crippen LogP contribution in [-0.2, 0) is 4.79 Å². The molecule has 0 spiro atoms. The minimum Gasteiger partial charge on any atom is -0.356 e. The number of carbonyl (C=O) groups is 1. The zero-order valence-electron chi connectivity index (χ0n) is 12.5. The van der Waals surface area contributed by atoms with Crippen LogP contribution in [0.15, 0.2) is 4.99 Å². The highest BCUT2D eigenvalue weighted by molar-refractivity contribution is 5.84. The molecule has 0 saturated heterocycles. The van der Waals surface area contributed by atoms with E-state index in [2.05, 4.69) is 29.1 Å². The first-order chi connectivity index (χ1) is 8.52. The van der Waals surface area contributed by atoms with Crippen LogP contribution in [-0.4, -0.2) is 62.4 Å². The number of rotatable bonds is 7. The Morgan fingerprint density at radius 1 is 1.17 bits per heavy atom. The van der Waals surface area contributed by atoms with Crippen molar-refractivity contribution in [2.45, 2.75) is 33.1 Å². The van der Waals surface area contributed by atoms with Crippen molar-refractivity contribution < 1.29 is 4.79 Å². The van der Waals surface area contributed by atoms with Gasteiger partial charge >= 0.3 is 0 Å². The summed E-state index contributed by atoms with van der Waals surface area (Å²) in [5.41, 5.74) is 0. The summed E-state index contributed by atoms with van der Waals surface area (Å²) in [7, 11) is 5.51. The van der Waals surface area contributed by atoms with Crippen molar-refractivity contribution in [2.75, 3.05) is 40.8 Å². The van der Waals surface area contributed by atoms with Crippen molar-refractivity contribution in [3.8, 4) is 0 Å². The van der Waals surface area contributed by atoms with Crippen LogP contribution in [0.2, 0.25) is 0 Å². The Kier molecular flexibility index (Phi) is 9.06. The predicted molar refractivity (Wildman–Crippen MR) is 76.8 cm³/mol. The quantitative estimate of drug-likeness (QED) is 0.549. The number of likely N-dealkylation sites (N-methyl/N-ethyl adjacent to an activating group) is 1. The summed E-state index contributed by atoms with van der Waals surface area (Å²) in [5.74, 6) is 0.843. The van der Waals surface area contributed by atoms with Crippen LogP contribution in [0.25, 0.3) is 0 Å². The maximum absolute atomic E-state index is 11.5. The number of unbranched alkanes of at least 4 members (excludes halogenated alkanes) is 1. The second kappa shape index (κ2) is 9.74. The monoisotopic (exact) mass is 256 g/mol. The highest BCUT2D eigenvalue weighted by atomic mass is 16.2. The number of nitrogens with zero attached hydrogens (tertiary/aromatic N) is 3. The molecule has 0 unspecified atom stereocenters. The van der Waals surface area contributed by atoms with E-state index in [4.69, 9.17) is 0 Å². The first-order valence-electron chi connectivity index (χ1n) is 6.72. The van der Waals surface area contributed by atoms with Gasteiger partial charge in [-0.2, -0.15) is 0 Å². The van der Waals surface area contributed by atoms with Gasteiger partial charge in [0.05, 0.1) is 0 Å². The van der Waals surface area contributed by atoms with E-state index < -0.39 is 0 Å². The largest absolute Gasteiger partial charge is 0.356 e. The van der Waals surface area contributed by atoms with Crippen LogP contribution >= 0.6 is 0 Å². The average molecular weight is 256 g/mol. The molecule has 1 N–H and O–H groups in total. The third kappa shape index (κ3) is 7.14. The number of aliphatic imine (C=N–C) groups is 1. The summed E-state index contributed by atoms with van der Waals surface area (Å²) in [6.07, 6.45) is 3.33. The molecule has 0 aromatic carbocycles. The van der Waals surface area contributed by atoms with E-state index in [1.807, 2.05) is 7.05 Å². The molecule has 0 aliphatic rings. The molecule has 0 heterocycles. The molecule has 0 radical (unpaired) electrons. The highest BCUT2D eigenvalue weighted by Gasteiger charge is 2.07. The number of carbonyl (C=O) groups excluding carboxylic acids is 1. The minimum atomic E-state index is 0.0229. The summed E-state index contributed by atoms with van der Waals surface area (Å²) in [6, 6.07) is 0. The zero-order valence-corrected chi connectivity index (χ0v) is 12.5. The molecule has 5 nitrogen and oxygen atoms in total. The molecule has 0 aromatic heterocycles. The molecule has 5 heteroatoms. The van der Waals surface area contributed by atoms with Crippen LogP contribution in [0.4, 0.5) is 0 Å². The Bertz CT molecular complexity index is 264. The van der Waals surface area contributed by atoms with Gasteiger partial charge in [-0.05, 0) is 12.8 Å². The van der Waals surface area contributed by atoms with Gasteiger partial charge in [0.15, 0.2) is 5.96 Å². The maximum atomic E-state index is 11.5. The lowest BCUT2D eigenvalue weighted by atomic mass is 10.3. The van der Waals surface area contributed by atoms with E-state index >= 15 is 0 Å². The van der Waals surface area contributed by atoms with E-state index in [9.17, 15) is 4.79 Å². The van der Waals surface area contributed by atoms with Gasteiger partial charge in [-0.3, -0.25) is 4.79 Å². The molecule has 0 atom stereocenters. The number of amides is 1. The third-order valence-electron chi connectivity index (χ3n) is 2.60. The predicted octanol–water partition coefficient (Wildman–Crippen LogP) is 1.16. The van der Waals surface area contributed by atoms with Crippen LogP contribution in [0.1, 0.15) is 33.1 Å². The lowest BCUT2D eigenvalue weighted by Gasteiger charge is -2.22.